The van der Waals surface area contributed by atoms with E-state index in [1.807, 2.05) is 37.5 Å². The van der Waals surface area contributed by atoms with Crippen LogP contribution >= 0.6 is 0 Å². The number of carbonyl (C=O) groups excluding carboxylic acids is 1. The van der Waals surface area contributed by atoms with Crippen molar-refractivity contribution in [1.29, 1.82) is 0 Å². The molecule has 3 heterocycles. The number of pyridine rings is 1. The number of benzene rings is 2. The van der Waals surface area contributed by atoms with Crippen LogP contribution in [0.5, 0.6) is 0 Å². The average Bonchev–Trinajstić information content (AvgIpc) is 3.54. The summed E-state index contributed by atoms with van der Waals surface area (Å²) in [5, 5.41) is 16.7. The Balaban J connectivity index is 1.24. The van der Waals surface area contributed by atoms with Crippen LogP contribution in [-0.2, 0) is 20.2 Å². The second kappa shape index (κ2) is 10.5. The number of aliphatic hydroxyl groups excluding tert-OH is 1. The lowest BCUT2D eigenvalue weighted by Crippen LogP contribution is -2.37. The topological polar surface area (TPSA) is 109 Å². The molecule has 4 aromatic rings. The molecule has 0 aliphatic carbocycles. The highest BCUT2D eigenvalue weighted by atomic mass is 19.1. The second-order valence-corrected chi connectivity index (χ2v) is 9.43. The molecule has 8 nitrogen and oxygen atoms in total. The number of hydrogen-bond donors (Lipinski definition) is 3. The third-order valence-corrected chi connectivity index (χ3v) is 6.67. The molecule has 2 aromatic carbocycles. The summed E-state index contributed by atoms with van der Waals surface area (Å²) in [5.74, 6) is -0.371. The average molecular weight is 501 g/mol. The molecule has 0 saturated carbocycles. The Morgan fingerprint density at radius 2 is 2.00 bits per heavy atom. The van der Waals surface area contributed by atoms with E-state index in [1.165, 1.54) is 6.07 Å². The van der Waals surface area contributed by atoms with Gasteiger partial charge in [-0.05, 0) is 47.4 Å². The van der Waals surface area contributed by atoms with Crippen LogP contribution in [0.3, 0.4) is 0 Å². The van der Waals surface area contributed by atoms with Crippen molar-refractivity contribution >= 4 is 11.7 Å². The fraction of sp³-hybridized carbons (Fsp3) is 0.250. The molecule has 37 heavy (non-hydrogen) atoms. The quantitative estimate of drug-likeness (QED) is 0.359. The van der Waals surface area contributed by atoms with Gasteiger partial charge in [-0.1, -0.05) is 24.3 Å². The molecule has 0 spiro atoms. The van der Waals surface area contributed by atoms with Gasteiger partial charge >= 0.3 is 0 Å². The third kappa shape index (κ3) is 5.52. The minimum absolute atomic E-state index is 0.0323. The first kappa shape index (κ1) is 24.6. The molecule has 9 heteroatoms. The van der Waals surface area contributed by atoms with Crippen LogP contribution in [0.2, 0.25) is 0 Å². The van der Waals surface area contributed by atoms with Gasteiger partial charge in [-0.15, -0.1) is 0 Å². The first-order valence-electron chi connectivity index (χ1n) is 12.2. The number of likely N-dealkylation sites (tertiary alicyclic amines) is 1. The summed E-state index contributed by atoms with van der Waals surface area (Å²) in [6.45, 7) is 2.03. The maximum absolute atomic E-state index is 14.6. The molecule has 1 amide bonds. The Kier molecular flexibility index (Phi) is 6.98. The lowest BCUT2D eigenvalue weighted by Gasteiger charge is -2.18. The van der Waals surface area contributed by atoms with Gasteiger partial charge in [-0.3, -0.25) is 14.4 Å². The molecule has 2 aromatic heterocycles. The molecular weight excluding hydrogens is 471 g/mol. The van der Waals surface area contributed by atoms with Crippen LogP contribution in [0.1, 0.15) is 27.9 Å². The van der Waals surface area contributed by atoms with Crippen LogP contribution in [-0.4, -0.2) is 49.8 Å². The van der Waals surface area contributed by atoms with Gasteiger partial charge in [-0.25, -0.2) is 9.37 Å². The maximum Gasteiger partial charge on any atom is 0.255 e. The predicted molar refractivity (Wildman–Crippen MR) is 140 cm³/mol. The minimum atomic E-state index is -0.301. The summed E-state index contributed by atoms with van der Waals surface area (Å²) in [7, 11) is 1.83. The standard InChI is InChI=1S/C28H29FN6O2/c1-34-15-22(13-32-34)21-11-25(27(30)31-12-21)28(37)33-23-7-8-35(16-23)14-18-5-6-26(29)24(10-18)20-4-2-3-19(9-20)17-36/h2-6,9-13,15,23,36H,7-8,14,16-17H2,1H3,(H2,30,31)(H,33,37)/t23-/m1/s1. The molecule has 0 unspecified atom stereocenters. The fourth-order valence-corrected chi connectivity index (χ4v) is 4.73. The first-order chi connectivity index (χ1) is 17.9. The number of halogens is 1. The summed E-state index contributed by atoms with van der Waals surface area (Å²) < 4.78 is 16.3. The minimum Gasteiger partial charge on any atom is -0.392 e. The van der Waals surface area contributed by atoms with Crippen molar-refractivity contribution < 1.29 is 14.3 Å². The number of nitrogen functional groups attached to an aromatic ring is 1. The molecule has 1 fully saturated rings. The highest BCUT2D eigenvalue weighted by Crippen LogP contribution is 2.27. The molecule has 5 rings (SSSR count). The van der Waals surface area contributed by atoms with E-state index in [0.29, 0.717) is 24.2 Å². The van der Waals surface area contributed by atoms with Crippen molar-refractivity contribution in [3.8, 4) is 22.3 Å². The molecule has 0 bridgehead atoms. The van der Waals surface area contributed by atoms with Gasteiger partial charge in [0.05, 0.1) is 18.4 Å². The number of nitrogens with two attached hydrogens (primary N) is 1. The zero-order valence-electron chi connectivity index (χ0n) is 20.6. The number of aromatic nitrogens is 3. The van der Waals surface area contributed by atoms with Crippen LogP contribution in [0.25, 0.3) is 22.3 Å². The summed E-state index contributed by atoms with van der Waals surface area (Å²) in [6.07, 6.45) is 6.01. The van der Waals surface area contributed by atoms with Gasteiger partial charge in [0.2, 0.25) is 0 Å². The van der Waals surface area contributed by atoms with Gasteiger partial charge in [-0.2, -0.15) is 5.10 Å². The summed E-state index contributed by atoms with van der Waals surface area (Å²) >= 11 is 0. The molecule has 1 atom stereocenters. The largest absolute Gasteiger partial charge is 0.392 e. The molecule has 1 aliphatic heterocycles. The highest BCUT2D eigenvalue weighted by molar-refractivity contribution is 5.99. The summed E-state index contributed by atoms with van der Waals surface area (Å²) in [6, 6.07) is 14.1. The summed E-state index contributed by atoms with van der Waals surface area (Å²) in [4.78, 5) is 19.5. The van der Waals surface area contributed by atoms with E-state index in [4.69, 9.17) is 5.73 Å². The SMILES string of the molecule is Cn1cc(-c2cnc(N)c(C(=O)N[C@@H]3CCN(Cc4ccc(F)c(-c5cccc(CO)c5)c4)C3)c2)cn1. The Bertz CT molecular complexity index is 1440. The molecular formula is C28H29FN6O2. The Hall–Kier alpha value is -4.08. The van der Waals surface area contributed by atoms with E-state index >= 15 is 0 Å². The number of anilines is 1. The van der Waals surface area contributed by atoms with Gasteiger partial charge in [0.15, 0.2) is 0 Å². The zero-order chi connectivity index (χ0) is 25.9. The molecule has 0 radical (unpaired) electrons. The highest BCUT2D eigenvalue weighted by Gasteiger charge is 2.25. The zero-order valence-corrected chi connectivity index (χ0v) is 20.6. The van der Waals surface area contributed by atoms with Crippen LogP contribution in [0.15, 0.2) is 67.1 Å². The maximum atomic E-state index is 14.6. The van der Waals surface area contributed by atoms with Gasteiger partial charge in [0.1, 0.15) is 11.6 Å². The van der Waals surface area contributed by atoms with Crippen molar-refractivity contribution in [2.75, 3.05) is 18.8 Å². The Labute approximate surface area is 214 Å². The molecule has 4 N–H and O–H groups in total. The number of hydrogen-bond acceptors (Lipinski definition) is 6. The van der Waals surface area contributed by atoms with E-state index in [0.717, 1.165) is 40.8 Å². The number of nitrogens with zero attached hydrogens (tertiary/aromatic N) is 4. The monoisotopic (exact) mass is 500 g/mol. The fourth-order valence-electron chi connectivity index (χ4n) is 4.73. The smallest absolute Gasteiger partial charge is 0.255 e. The molecule has 190 valence electrons. The molecule has 1 aliphatic rings. The van der Waals surface area contributed by atoms with Crippen molar-refractivity contribution in [1.82, 2.24) is 25.0 Å². The normalized spacial score (nSPS) is 15.7. The second-order valence-electron chi connectivity index (χ2n) is 9.43. The van der Waals surface area contributed by atoms with E-state index in [9.17, 15) is 14.3 Å². The van der Waals surface area contributed by atoms with Gasteiger partial charge in [0, 0.05) is 61.8 Å². The van der Waals surface area contributed by atoms with Crippen molar-refractivity contribution in [2.24, 2.45) is 7.05 Å². The first-order valence-corrected chi connectivity index (χ1v) is 12.2. The predicted octanol–water partition coefficient (Wildman–Crippen LogP) is 3.37. The van der Waals surface area contributed by atoms with Crippen LogP contribution < -0.4 is 11.1 Å². The number of nitrogens with one attached hydrogen (secondary N) is 1. The van der Waals surface area contributed by atoms with E-state index in [-0.39, 0.29) is 30.2 Å². The van der Waals surface area contributed by atoms with E-state index in [1.54, 1.807) is 35.3 Å². The van der Waals surface area contributed by atoms with Crippen molar-refractivity contribution in [2.45, 2.75) is 25.6 Å². The number of carbonyl (C=O) groups is 1. The number of aryl methyl sites for hydroxylation is 1. The van der Waals surface area contributed by atoms with E-state index in [2.05, 4.69) is 20.3 Å². The lowest BCUT2D eigenvalue weighted by atomic mass is 10.0. The Morgan fingerprint density at radius 1 is 1.14 bits per heavy atom. The van der Waals surface area contributed by atoms with Crippen LogP contribution in [0, 0.1) is 5.82 Å². The van der Waals surface area contributed by atoms with Gasteiger partial charge < -0.3 is 16.2 Å². The number of aliphatic hydroxyl groups is 1. The van der Waals surface area contributed by atoms with Crippen LogP contribution in [0.4, 0.5) is 10.2 Å². The summed E-state index contributed by atoms with van der Waals surface area (Å²) in [5.41, 5.74) is 11.0. The number of amides is 1. The van der Waals surface area contributed by atoms with Gasteiger partial charge in [0.25, 0.3) is 5.91 Å². The van der Waals surface area contributed by atoms with E-state index < -0.39 is 0 Å². The van der Waals surface area contributed by atoms with Crippen molar-refractivity contribution in [3.63, 3.8) is 0 Å². The van der Waals surface area contributed by atoms with Crippen molar-refractivity contribution in [3.05, 3.63) is 89.6 Å². The molecule has 1 saturated heterocycles. The lowest BCUT2D eigenvalue weighted by molar-refractivity contribution is 0.0938. The number of rotatable bonds is 7. The Morgan fingerprint density at radius 3 is 2.78 bits per heavy atom. The third-order valence-electron chi connectivity index (χ3n) is 6.67.